The van der Waals surface area contributed by atoms with Gasteiger partial charge in [-0.3, -0.25) is 9.69 Å². The summed E-state index contributed by atoms with van der Waals surface area (Å²) in [5.74, 6) is 2.71. The Kier molecular flexibility index (Phi) is 2.41. The second-order valence-electron chi connectivity index (χ2n) is 3.46. The minimum Gasteiger partial charge on any atom is -0.336 e. The lowest BCUT2D eigenvalue weighted by molar-refractivity contribution is -0.117. The van der Waals surface area contributed by atoms with Gasteiger partial charge in [-0.15, -0.1) is 12.3 Å². The minimum atomic E-state index is -0.0731. The molecule has 15 heavy (non-hydrogen) atoms. The summed E-state index contributed by atoms with van der Waals surface area (Å²) in [5.41, 5.74) is 0.573. The third kappa shape index (κ3) is 1.59. The van der Waals surface area contributed by atoms with Crippen molar-refractivity contribution < 1.29 is 9.32 Å². The summed E-state index contributed by atoms with van der Waals surface area (Å²) in [6, 6.07) is 0. The van der Waals surface area contributed by atoms with Gasteiger partial charge in [-0.25, -0.2) is 0 Å². The summed E-state index contributed by atoms with van der Waals surface area (Å²) in [5, 5.41) is 4.07. The summed E-state index contributed by atoms with van der Waals surface area (Å²) in [6.45, 7) is 2.16. The highest BCUT2D eigenvalue weighted by molar-refractivity contribution is 6.34. The summed E-state index contributed by atoms with van der Waals surface area (Å²) in [7, 11) is 0. The van der Waals surface area contributed by atoms with Crippen molar-refractivity contribution in [2.75, 3.05) is 11.4 Å². The molecular weight excluding hydrogens is 216 g/mol. The average molecular weight is 225 g/mol. The number of carbonyl (C=O) groups is 1. The van der Waals surface area contributed by atoms with Crippen molar-refractivity contribution in [1.29, 1.82) is 0 Å². The van der Waals surface area contributed by atoms with E-state index >= 15 is 0 Å². The molecule has 0 N–H and O–H groups in total. The summed E-state index contributed by atoms with van der Waals surface area (Å²) in [6.07, 6.45) is 5.61. The molecule has 78 valence electrons. The smallest absolute Gasteiger partial charge is 0.252 e. The van der Waals surface area contributed by atoms with Crippen LogP contribution < -0.4 is 4.90 Å². The van der Waals surface area contributed by atoms with Gasteiger partial charge in [0, 0.05) is 18.9 Å². The fraction of sp³-hybridized carbons (Fsp3) is 0.400. The van der Waals surface area contributed by atoms with Gasteiger partial charge in [-0.2, -0.15) is 0 Å². The molecule has 1 aromatic rings. The molecule has 0 aliphatic carbocycles. The predicted octanol–water partition coefficient (Wildman–Crippen LogP) is 1.62. The van der Waals surface area contributed by atoms with Gasteiger partial charge >= 0.3 is 0 Å². The maximum absolute atomic E-state index is 11.6. The van der Waals surface area contributed by atoms with Crippen LogP contribution >= 0.6 is 11.6 Å². The lowest BCUT2D eigenvalue weighted by Gasteiger charge is -2.10. The van der Waals surface area contributed by atoms with Crippen molar-refractivity contribution in [2.45, 2.75) is 13.3 Å². The first-order valence-electron chi connectivity index (χ1n) is 4.51. The SMILES string of the molecule is C#CC1CC(=O)N(c2onc(C)c2Cl)C1. The number of anilines is 1. The Balaban J connectivity index is 2.30. The number of aromatic nitrogens is 1. The molecule has 0 saturated carbocycles. The van der Waals surface area contributed by atoms with Crippen LogP contribution in [0, 0.1) is 25.2 Å². The Morgan fingerprint density at radius 1 is 1.73 bits per heavy atom. The van der Waals surface area contributed by atoms with Crippen molar-refractivity contribution >= 4 is 23.4 Å². The number of aryl methyl sites for hydroxylation is 1. The first-order chi connectivity index (χ1) is 7.13. The first-order valence-corrected chi connectivity index (χ1v) is 4.89. The molecule has 1 aromatic heterocycles. The maximum Gasteiger partial charge on any atom is 0.252 e. The number of carbonyl (C=O) groups excluding carboxylic acids is 1. The highest BCUT2D eigenvalue weighted by Crippen LogP contribution is 2.32. The van der Waals surface area contributed by atoms with E-state index in [0.29, 0.717) is 29.6 Å². The van der Waals surface area contributed by atoms with Gasteiger partial charge in [-0.05, 0) is 6.92 Å². The zero-order chi connectivity index (χ0) is 11.0. The van der Waals surface area contributed by atoms with Crippen LogP contribution in [0.15, 0.2) is 4.52 Å². The monoisotopic (exact) mass is 224 g/mol. The van der Waals surface area contributed by atoms with E-state index in [1.807, 2.05) is 0 Å². The number of hydrogen-bond acceptors (Lipinski definition) is 3. The lowest BCUT2D eigenvalue weighted by Crippen LogP contribution is -2.24. The molecule has 2 rings (SSSR count). The van der Waals surface area contributed by atoms with E-state index in [2.05, 4.69) is 11.1 Å². The molecule has 1 amide bonds. The van der Waals surface area contributed by atoms with Crippen LogP contribution in [0.4, 0.5) is 5.88 Å². The van der Waals surface area contributed by atoms with Crippen molar-refractivity contribution in [2.24, 2.45) is 5.92 Å². The van der Waals surface area contributed by atoms with Crippen molar-refractivity contribution in [1.82, 2.24) is 5.16 Å². The molecule has 0 bridgehead atoms. The Hall–Kier alpha value is -1.47. The zero-order valence-electron chi connectivity index (χ0n) is 8.16. The zero-order valence-corrected chi connectivity index (χ0v) is 8.91. The minimum absolute atomic E-state index is 0.0704. The summed E-state index contributed by atoms with van der Waals surface area (Å²) >= 11 is 5.94. The quantitative estimate of drug-likeness (QED) is 0.681. The second-order valence-corrected chi connectivity index (χ2v) is 3.84. The Labute approximate surface area is 92.2 Å². The van der Waals surface area contributed by atoms with E-state index in [9.17, 15) is 4.79 Å². The van der Waals surface area contributed by atoms with Gasteiger partial charge in [0.15, 0.2) is 0 Å². The number of halogens is 1. The largest absolute Gasteiger partial charge is 0.336 e. The first kappa shape index (κ1) is 10.1. The van der Waals surface area contributed by atoms with E-state index in [0.717, 1.165) is 0 Å². The van der Waals surface area contributed by atoms with Crippen LogP contribution in [0.3, 0.4) is 0 Å². The summed E-state index contributed by atoms with van der Waals surface area (Å²) in [4.78, 5) is 13.0. The Morgan fingerprint density at radius 2 is 2.47 bits per heavy atom. The fourth-order valence-corrected chi connectivity index (χ4v) is 1.70. The molecule has 2 heterocycles. The molecule has 0 aromatic carbocycles. The fourth-order valence-electron chi connectivity index (χ4n) is 1.53. The maximum atomic E-state index is 11.6. The van der Waals surface area contributed by atoms with Gasteiger partial charge in [0.2, 0.25) is 5.91 Å². The molecule has 1 saturated heterocycles. The van der Waals surface area contributed by atoms with Crippen LogP contribution in [0.2, 0.25) is 5.02 Å². The third-order valence-corrected chi connectivity index (χ3v) is 2.82. The van der Waals surface area contributed by atoms with E-state index in [1.165, 1.54) is 4.90 Å². The van der Waals surface area contributed by atoms with E-state index in [-0.39, 0.29) is 11.8 Å². The molecule has 1 atom stereocenters. The van der Waals surface area contributed by atoms with Gasteiger partial charge in [0.1, 0.15) is 10.7 Å². The summed E-state index contributed by atoms with van der Waals surface area (Å²) < 4.78 is 5.00. The number of terminal acetylenes is 1. The Bertz CT molecular complexity index is 447. The normalized spacial score (nSPS) is 20.7. The van der Waals surface area contributed by atoms with E-state index < -0.39 is 0 Å². The molecule has 5 heteroatoms. The number of hydrogen-bond donors (Lipinski definition) is 0. The molecule has 0 spiro atoms. The standard InChI is InChI=1S/C10H9ClN2O2/c1-3-7-4-8(14)13(5-7)10-9(11)6(2)12-15-10/h1,7H,4-5H2,2H3. The van der Waals surface area contributed by atoms with Gasteiger partial charge in [0.25, 0.3) is 5.88 Å². The topological polar surface area (TPSA) is 46.3 Å². The number of rotatable bonds is 1. The highest BCUT2D eigenvalue weighted by Gasteiger charge is 2.33. The van der Waals surface area contributed by atoms with Gasteiger partial charge in [0.05, 0.1) is 0 Å². The predicted molar refractivity (Wildman–Crippen MR) is 55.5 cm³/mol. The Morgan fingerprint density at radius 3 is 2.93 bits per heavy atom. The molecule has 0 radical (unpaired) electrons. The molecule has 1 aliphatic rings. The van der Waals surface area contributed by atoms with Crippen LogP contribution in [0.1, 0.15) is 12.1 Å². The van der Waals surface area contributed by atoms with Crippen LogP contribution in [0.25, 0.3) is 0 Å². The molecule has 1 unspecified atom stereocenters. The van der Waals surface area contributed by atoms with Crippen LogP contribution in [-0.2, 0) is 4.79 Å². The molecule has 1 fully saturated rings. The third-order valence-electron chi connectivity index (χ3n) is 2.38. The number of amides is 1. The lowest BCUT2D eigenvalue weighted by atomic mass is 10.1. The van der Waals surface area contributed by atoms with Gasteiger partial charge < -0.3 is 4.52 Å². The van der Waals surface area contributed by atoms with E-state index in [4.69, 9.17) is 22.5 Å². The average Bonchev–Trinajstić information content (AvgIpc) is 2.73. The molecule has 4 nitrogen and oxygen atoms in total. The van der Waals surface area contributed by atoms with Crippen LogP contribution in [0.5, 0.6) is 0 Å². The number of nitrogens with zero attached hydrogens (tertiary/aromatic N) is 2. The second kappa shape index (κ2) is 3.59. The highest BCUT2D eigenvalue weighted by atomic mass is 35.5. The van der Waals surface area contributed by atoms with Crippen molar-refractivity contribution in [3.05, 3.63) is 10.7 Å². The molecular formula is C10H9ClN2O2. The van der Waals surface area contributed by atoms with Crippen molar-refractivity contribution in [3.63, 3.8) is 0 Å². The van der Waals surface area contributed by atoms with Gasteiger partial charge in [-0.1, -0.05) is 16.8 Å². The molecule has 1 aliphatic heterocycles. The van der Waals surface area contributed by atoms with Crippen LogP contribution in [-0.4, -0.2) is 17.6 Å². The van der Waals surface area contributed by atoms with E-state index in [1.54, 1.807) is 6.92 Å². The van der Waals surface area contributed by atoms with Crippen molar-refractivity contribution in [3.8, 4) is 12.3 Å².